The highest BCUT2D eigenvalue weighted by Crippen LogP contribution is 2.19. The minimum absolute atomic E-state index is 0.188. The second-order valence-electron chi connectivity index (χ2n) is 3.59. The van der Waals surface area contributed by atoms with E-state index in [2.05, 4.69) is 16.2 Å². The van der Waals surface area contributed by atoms with Gasteiger partial charge in [0.25, 0.3) is 0 Å². The highest BCUT2D eigenvalue weighted by Gasteiger charge is 2.07. The molecule has 4 heteroatoms. The van der Waals surface area contributed by atoms with E-state index >= 15 is 0 Å². The van der Waals surface area contributed by atoms with Crippen molar-refractivity contribution < 1.29 is 8.68 Å². The van der Waals surface area contributed by atoms with Crippen LogP contribution in [0.15, 0.2) is 54.6 Å². The zero-order valence-corrected chi connectivity index (χ0v) is 10.8. The van der Waals surface area contributed by atoms with Crippen molar-refractivity contribution in [3.63, 3.8) is 0 Å². The maximum Gasteiger partial charge on any atom is 0.123 e. The van der Waals surface area contributed by atoms with E-state index in [9.17, 15) is 4.39 Å². The Balaban J connectivity index is 0.000000492. The summed E-state index contributed by atoms with van der Waals surface area (Å²) in [6.07, 6.45) is 0. The minimum Gasteiger partial charge on any atom is -0.320 e. The normalized spacial score (nSPS) is 11.3. The molecular weight excluding hydrogens is 253 g/mol. The highest BCUT2D eigenvalue weighted by atomic mass is 35.5. The second kappa shape index (κ2) is 7.82. The predicted molar refractivity (Wildman–Crippen MR) is 71.7 cm³/mol. The van der Waals surface area contributed by atoms with Crippen molar-refractivity contribution in [3.8, 4) is 0 Å². The van der Waals surface area contributed by atoms with E-state index in [0.29, 0.717) is 0 Å². The van der Waals surface area contributed by atoms with Gasteiger partial charge in [-0.15, -0.1) is 0 Å². The first-order valence-corrected chi connectivity index (χ1v) is 5.70. The van der Waals surface area contributed by atoms with Crippen molar-refractivity contribution in [2.24, 2.45) is 5.73 Å². The van der Waals surface area contributed by atoms with Crippen LogP contribution in [-0.2, 0) is 4.29 Å². The van der Waals surface area contributed by atoms with E-state index in [0.717, 1.165) is 11.1 Å². The Labute approximate surface area is 111 Å². The Morgan fingerprint density at radius 3 is 1.94 bits per heavy atom. The SMILES string of the molecule is COCl.NC(c1ccccc1)c1ccc(F)cc1. The Hall–Kier alpha value is -1.42. The first kappa shape index (κ1) is 14.6. The maximum atomic E-state index is 12.7. The molecule has 0 aliphatic rings. The molecule has 0 heterocycles. The van der Waals surface area contributed by atoms with E-state index in [4.69, 9.17) is 5.73 Å². The second-order valence-corrected chi connectivity index (χ2v) is 3.90. The largest absolute Gasteiger partial charge is 0.320 e. The Kier molecular flexibility index (Phi) is 6.36. The molecule has 0 spiro atoms. The molecule has 0 bridgehead atoms. The molecule has 1 unspecified atom stereocenters. The molecular formula is C14H15ClFNO. The van der Waals surface area contributed by atoms with Crippen molar-refractivity contribution in [3.05, 3.63) is 71.5 Å². The van der Waals surface area contributed by atoms with E-state index < -0.39 is 0 Å². The van der Waals surface area contributed by atoms with Crippen LogP contribution in [-0.4, -0.2) is 7.11 Å². The lowest BCUT2D eigenvalue weighted by Gasteiger charge is -2.11. The molecule has 0 saturated carbocycles. The molecule has 0 aliphatic carbocycles. The van der Waals surface area contributed by atoms with Crippen molar-refractivity contribution >= 4 is 11.9 Å². The summed E-state index contributed by atoms with van der Waals surface area (Å²) in [4.78, 5) is 0. The Morgan fingerprint density at radius 2 is 1.44 bits per heavy atom. The van der Waals surface area contributed by atoms with Gasteiger partial charge in [-0.3, -0.25) is 4.29 Å². The third-order valence-corrected chi connectivity index (χ3v) is 2.39. The van der Waals surface area contributed by atoms with Crippen molar-refractivity contribution in [1.82, 2.24) is 0 Å². The quantitative estimate of drug-likeness (QED) is 0.901. The van der Waals surface area contributed by atoms with Crippen LogP contribution in [0, 0.1) is 5.82 Å². The van der Waals surface area contributed by atoms with Crippen LogP contribution in [0.4, 0.5) is 4.39 Å². The fraction of sp³-hybridized carbons (Fsp3) is 0.143. The van der Waals surface area contributed by atoms with Gasteiger partial charge in [0, 0.05) is 0 Å². The lowest BCUT2D eigenvalue weighted by Crippen LogP contribution is -2.11. The number of hydrogen-bond donors (Lipinski definition) is 1. The van der Waals surface area contributed by atoms with E-state index in [-0.39, 0.29) is 11.9 Å². The molecule has 0 fully saturated rings. The van der Waals surface area contributed by atoms with Crippen molar-refractivity contribution in [1.29, 1.82) is 0 Å². The van der Waals surface area contributed by atoms with Crippen LogP contribution < -0.4 is 5.73 Å². The van der Waals surface area contributed by atoms with Crippen molar-refractivity contribution in [2.75, 3.05) is 7.11 Å². The molecule has 96 valence electrons. The lowest BCUT2D eigenvalue weighted by molar-refractivity contribution is 0.463. The third-order valence-electron chi connectivity index (χ3n) is 2.39. The van der Waals surface area contributed by atoms with Gasteiger partial charge in [-0.2, -0.15) is 0 Å². The zero-order chi connectivity index (χ0) is 13.4. The summed E-state index contributed by atoms with van der Waals surface area (Å²) >= 11 is 4.50. The molecule has 2 aromatic rings. The monoisotopic (exact) mass is 267 g/mol. The van der Waals surface area contributed by atoms with Crippen LogP contribution in [0.1, 0.15) is 17.2 Å². The maximum absolute atomic E-state index is 12.7. The third kappa shape index (κ3) is 4.45. The molecule has 2 aromatic carbocycles. The van der Waals surface area contributed by atoms with Gasteiger partial charge in [-0.1, -0.05) is 42.5 Å². The molecule has 0 saturated heterocycles. The number of hydrogen-bond acceptors (Lipinski definition) is 2. The van der Waals surface area contributed by atoms with Gasteiger partial charge < -0.3 is 5.73 Å². The topological polar surface area (TPSA) is 35.2 Å². The summed E-state index contributed by atoms with van der Waals surface area (Å²) in [5.41, 5.74) is 7.99. The molecule has 2 nitrogen and oxygen atoms in total. The van der Waals surface area contributed by atoms with Gasteiger partial charge in [-0.05, 0) is 23.3 Å². The fourth-order valence-electron chi connectivity index (χ4n) is 1.52. The van der Waals surface area contributed by atoms with Gasteiger partial charge in [0.1, 0.15) is 5.82 Å². The van der Waals surface area contributed by atoms with Crippen LogP contribution in [0.25, 0.3) is 0 Å². The summed E-state index contributed by atoms with van der Waals surface area (Å²) in [5, 5.41) is 0. The van der Waals surface area contributed by atoms with Gasteiger partial charge in [0.2, 0.25) is 0 Å². The standard InChI is InChI=1S/C13H12FN.CH3ClO/c14-12-8-6-11(7-9-12)13(15)10-4-2-1-3-5-10;1-3-2/h1-9,13H,15H2;1H3. The molecule has 2 N–H and O–H groups in total. The number of rotatable bonds is 2. The Morgan fingerprint density at radius 1 is 1.00 bits per heavy atom. The zero-order valence-electron chi connectivity index (χ0n) is 10.0. The van der Waals surface area contributed by atoms with E-state index in [1.54, 1.807) is 12.1 Å². The smallest absolute Gasteiger partial charge is 0.123 e. The van der Waals surface area contributed by atoms with Crippen LogP contribution in [0.5, 0.6) is 0 Å². The number of halogens is 2. The minimum atomic E-state index is -0.237. The van der Waals surface area contributed by atoms with Crippen LogP contribution in [0.2, 0.25) is 0 Å². The van der Waals surface area contributed by atoms with Gasteiger partial charge in [-0.25, -0.2) is 4.39 Å². The van der Waals surface area contributed by atoms with Crippen LogP contribution in [0.3, 0.4) is 0 Å². The van der Waals surface area contributed by atoms with E-state index in [1.165, 1.54) is 19.2 Å². The molecule has 0 aliphatic heterocycles. The first-order valence-electron chi connectivity index (χ1n) is 5.39. The highest BCUT2D eigenvalue weighted by molar-refractivity contribution is 6.07. The first-order chi connectivity index (χ1) is 8.69. The summed E-state index contributed by atoms with van der Waals surface area (Å²) in [6.45, 7) is 0. The fourth-order valence-corrected chi connectivity index (χ4v) is 1.52. The summed E-state index contributed by atoms with van der Waals surface area (Å²) in [5.74, 6) is -0.237. The average molecular weight is 268 g/mol. The number of benzene rings is 2. The van der Waals surface area contributed by atoms with Crippen LogP contribution >= 0.6 is 11.9 Å². The Bertz CT molecular complexity index is 447. The molecule has 18 heavy (non-hydrogen) atoms. The number of nitrogens with two attached hydrogens (primary N) is 1. The molecule has 1 atom stereocenters. The van der Waals surface area contributed by atoms with Gasteiger partial charge in [0.15, 0.2) is 0 Å². The van der Waals surface area contributed by atoms with E-state index in [1.807, 2.05) is 30.3 Å². The summed E-state index contributed by atoms with van der Waals surface area (Å²) < 4.78 is 16.4. The van der Waals surface area contributed by atoms with Gasteiger partial charge in [0.05, 0.1) is 25.0 Å². The molecule has 0 radical (unpaired) electrons. The van der Waals surface area contributed by atoms with Crippen molar-refractivity contribution in [2.45, 2.75) is 6.04 Å². The molecule has 0 amide bonds. The molecule has 0 aromatic heterocycles. The van der Waals surface area contributed by atoms with Gasteiger partial charge >= 0.3 is 0 Å². The lowest BCUT2D eigenvalue weighted by atomic mass is 10.00. The average Bonchev–Trinajstić information content (AvgIpc) is 2.41. The predicted octanol–water partition coefficient (Wildman–Crippen LogP) is 3.66. The summed E-state index contributed by atoms with van der Waals surface area (Å²) in [7, 11) is 1.39. The molecule has 2 rings (SSSR count). The summed E-state index contributed by atoms with van der Waals surface area (Å²) in [6, 6.07) is 15.9.